The Morgan fingerprint density at radius 1 is 1.18 bits per heavy atom. The molecular formula is C29H34F2N2O4S. The summed E-state index contributed by atoms with van der Waals surface area (Å²) in [5, 5.41) is 21.2. The summed E-state index contributed by atoms with van der Waals surface area (Å²) < 4.78 is 33.2. The number of aliphatic hydroxyl groups excluding tert-OH is 1. The number of ether oxygens (including phenoxy) is 1. The highest BCUT2D eigenvalue weighted by molar-refractivity contribution is 7.99. The normalized spacial score (nSPS) is 18.9. The van der Waals surface area contributed by atoms with E-state index in [-0.39, 0.29) is 17.2 Å². The number of aliphatic hydroxyl groups is 1. The third-order valence-electron chi connectivity index (χ3n) is 7.43. The van der Waals surface area contributed by atoms with Gasteiger partial charge in [0.2, 0.25) is 0 Å². The van der Waals surface area contributed by atoms with Crippen LogP contribution in [0.5, 0.6) is 5.75 Å². The molecule has 3 aromatic rings. The second-order valence-electron chi connectivity index (χ2n) is 9.82. The van der Waals surface area contributed by atoms with Gasteiger partial charge in [0.05, 0.1) is 23.6 Å². The van der Waals surface area contributed by atoms with Gasteiger partial charge in [0.1, 0.15) is 17.4 Å². The van der Waals surface area contributed by atoms with Gasteiger partial charge in [-0.05, 0) is 86.0 Å². The zero-order valence-corrected chi connectivity index (χ0v) is 22.3. The summed E-state index contributed by atoms with van der Waals surface area (Å²) in [5.74, 6) is -0.194. The van der Waals surface area contributed by atoms with Gasteiger partial charge < -0.3 is 19.8 Å². The lowest BCUT2D eigenvalue weighted by Crippen LogP contribution is -2.41. The summed E-state index contributed by atoms with van der Waals surface area (Å²) in [4.78, 5) is 18.0. The van der Waals surface area contributed by atoms with Gasteiger partial charge in [0.15, 0.2) is 0 Å². The third kappa shape index (κ3) is 7.21. The Labute approximate surface area is 226 Å². The van der Waals surface area contributed by atoms with E-state index in [9.17, 15) is 23.8 Å². The van der Waals surface area contributed by atoms with E-state index in [1.165, 1.54) is 30.0 Å². The molecule has 204 valence electrons. The number of likely N-dealkylation sites (tertiary alicyclic amines) is 1. The number of carboxylic acids is 1. The molecule has 0 bridgehead atoms. The van der Waals surface area contributed by atoms with Gasteiger partial charge in [-0.15, -0.1) is 11.8 Å². The van der Waals surface area contributed by atoms with Crippen molar-refractivity contribution in [3.8, 4) is 5.75 Å². The molecule has 0 spiro atoms. The van der Waals surface area contributed by atoms with E-state index in [1.54, 1.807) is 13.3 Å². The number of carboxylic acid groups (broad SMARTS) is 1. The average Bonchev–Trinajstić information content (AvgIpc) is 2.92. The Balaban J connectivity index is 1.36. The first-order valence-corrected chi connectivity index (χ1v) is 14.0. The fourth-order valence-corrected chi connectivity index (χ4v) is 6.33. The minimum Gasteiger partial charge on any atom is -0.497 e. The minimum absolute atomic E-state index is 0.0417. The molecule has 38 heavy (non-hydrogen) atoms. The molecule has 9 heteroatoms. The molecule has 6 nitrogen and oxygen atoms in total. The van der Waals surface area contributed by atoms with Gasteiger partial charge in [-0.1, -0.05) is 6.07 Å². The molecule has 0 radical (unpaired) electrons. The van der Waals surface area contributed by atoms with E-state index in [0.717, 1.165) is 42.4 Å². The lowest BCUT2D eigenvalue weighted by atomic mass is 9.79. The molecule has 0 unspecified atom stereocenters. The van der Waals surface area contributed by atoms with Crippen LogP contribution in [0.4, 0.5) is 8.78 Å². The summed E-state index contributed by atoms with van der Waals surface area (Å²) >= 11 is 1.17. The van der Waals surface area contributed by atoms with E-state index in [2.05, 4.69) is 9.88 Å². The monoisotopic (exact) mass is 544 g/mol. The molecule has 0 amide bonds. The van der Waals surface area contributed by atoms with Crippen LogP contribution in [0.3, 0.4) is 0 Å². The molecule has 1 saturated heterocycles. The predicted octanol–water partition coefficient (Wildman–Crippen LogP) is 5.93. The fraction of sp³-hybridized carbons (Fsp3) is 0.448. The number of pyridine rings is 1. The number of benzene rings is 2. The van der Waals surface area contributed by atoms with E-state index >= 15 is 0 Å². The van der Waals surface area contributed by atoms with Crippen molar-refractivity contribution in [1.82, 2.24) is 9.88 Å². The number of rotatable bonds is 12. The van der Waals surface area contributed by atoms with Gasteiger partial charge >= 0.3 is 5.97 Å². The van der Waals surface area contributed by atoms with Crippen molar-refractivity contribution in [2.45, 2.75) is 43.1 Å². The van der Waals surface area contributed by atoms with Crippen molar-refractivity contribution >= 4 is 28.6 Å². The number of hydrogen-bond acceptors (Lipinski definition) is 6. The van der Waals surface area contributed by atoms with Crippen molar-refractivity contribution in [2.75, 3.05) is 32.5 Å². The zero-order valence-electron chi connectivity index (χ0n) is 21.5. The summed E-state index contributed by atoms with van der Waals surface area (Å²) in [7, 11) is 1.61. The van der Waals surface area contributed by atoms with Crippen LogP contribution in [-0.2, 0) is 4.79 Å². The van der Waals surface area contributed by atoms with E-state index in [4.69, 9.17) is 4.74 Å². The second kappa shape index (κ2) is 13.4. The van der Waals surface area contributed by atoms with Gasteiger partial charge in [0, 0.05) is 36.8 Å². The van der Waals surface area contributed by atoms with Crippen LogP contribution in [0.1, 0.15) is 43.8 Å². The molecule has 1 aliphatic rings. The Hall–Kier alpha value is -2.75. The largest absolute Gasteiger partial charge is 0.497 e. The number of carbonyl (C=O) groups is 1. The fourth-order valence-electron chi connectivity index (χ4n) is 5.36. The number of thioether (sulfide) groups is 1. The minimum atomic E-state index is -0.816. The number of aromatic nitrogens is 1. The van der Waals surface area contributed by atoms with E-state index < -0.39 is 23.7 Å². The Morgan fingerprint density at radius 2 is 1.97 bits per heavy atom. The van der Waals surface area contributed by atoms with E-state index in [1.807, 2.05) is 24.3 Å². The first-order chi connectivity index (χ1) is 18.4. The molecule has 0 saturated carbocycles. The van der Waals surface area contributed by atoms with Gasteiger partial charge in [-0.25, -0.2) is 8.78 Å². The van der Waals surface area contributed by atoms with Crippen molar-refractivity contribution in [3.05, 3.63) is 65.9 Å². The molecular weight excluding hydrogens is 510 g/mol. The molecule has 3 atom stereocenters. The molecule has 1 aliphatic heterocycles. The Bertz CT molecular complexity index is 1220. The van der Waals surface area contributed by atoms with Crippen LogP contribution in [0, 0.1) is 23.5 Å². The maximum atomic E-state index is 13.9. The predicted molar refractivity (Wildman–Crippen MR) is 144 cm³/mol. The third-order valence-corrected chi connectivity index (χ3v) is 8.50. The van der Waals surface area contributed by atoms with Crippen molar-refractivity contribution in [1.29, 1.82) is 0 Å². The van der Waals surface area contributed by atoms with Crippen LogP contribution < -0.4 is 4.74 Å². The molecule has 0 aliphatic carbocycles. The van der Waals surface area contributed by atoms with Crippen molar-refractivity contribution in [2.24, 2.45) is 11.8 Å². The molecule has 1 aromatic heterocycles. The standard InChI is InChI=1S/C29H34F2N2O4S/c1-37-21-7-8-26-23(17-21)22(11-13-32-26)27(34)9-5-19-12-14-33(18-20(19)6-10-28(35)36)15-16-38-29-24(30)3-2-4-25(29)31/h2-4,7-8,11,13,17,19-20,27,34H,5-6,9-10,12,14-16,18H2,1H3,(H,35,36)/t19-,20-,27-/m1/s1. The number of fused-ring (bicyclic) bond motifs is 1. The molecule has 1 fully saturated rings. The lowest BCUT2D eigenvalue weighted by Gasteiger charge is -2.39. The lowest BCUT2D eigenvalue weighted by molar-refractivity contribution is -0.137. The van der Waals surface area contributed by atoms with Crippen LogP contribution in [-0.4, -0.2) is 58.6 Å². The van der Waals surface area contributed by atoms with Crippen molar-refractivity contribution < 1.29 is 28.5 Å². The van der Waals surface area contributed by atoms with Crippen LogP contribution in [0.25, 0.3) is 10.9 Å². The van der Waals surface area contributed by atoms with Gasteiger partial charge in [-0.2, -0.15) is 0 Å². The first kappa shape index (κ1) is 28.3. The number of aliphatic carboxylic acids is 1. The highest BCUT2D eigenvalue weighted by Crippen LogP contribution is 2.35. The molecule has 2 aromatic carbocycles. The smallest absolute Gasteiger partial charge is 0.303 e. The van der Waals surface area contributed by atoms with Gasteiger partial charge in [0.25, 0.3) is 0 Å². The maximum absolute atomic E-state index is 13.9. The van der Waals surface area contributed by atoms with Gasteiger partial charge in [-0.3, -0.25) is 9.78 Å². The molecule has 2 heterocycles. The molecule has 4 rings (SSSR count). The quantitative estimate of drug-likeness (QED) is 0.274. The number of hydrogen-bond donors (Lipinski definition) is 2. The number of piperidine rings is 1. The number of nitrogens with zero attached hydrogens (tertiary/aromatic N) is 2. The maximum Gasteiger partial charge on any atom is 0.303 e. The SMILES string of the molecule is COc1ccc2nccc([C@H](O)CC[C@@H]3CCN(CCSc4c(F)cccc4F)C[C@H]3CCC(=O)O)c2c1. The second-order valence-corrected chi connectivity index (χ2v) is 10.9. The summed E-state index contributed by atoms with van der Waals surface area (Å²) in [6, 6.07) is 11.3. The van der Waals surface area contributed by atoms with Crippen molar-refractivity contribution in [3.63, 3.8) is 0 Å². The molecule has 2 N–H and O–H groups in total. The van der Waals surface area contributed by atoms with Crippen LogP contribution in [0.2, 0.25) is 0 Å². The highest BCUT2D eigenvalue weighted by Gasteiger charge is 2.30. The highest BCUT2D eigenvalue weighted by atomic mass is 32.2. The van der Waals surface area contributed by atoms with Crippen LogP contribution >= 0.6 is 11.8 Å². The van der Waals surface area contributed by atoms with E-state index in [0.29, 0.717) is 36.8 Å². The topological polar surface area (TPSA) is 82.9 Å². The zero-order chi connectivity index (χ0) is 27.1. The van der Waals surface area contributed by atoms with Crippen LogP contribution in [0.15, 0.2) is 53.6 Å². The summed E-state index contributed by atoms with van der Waals surface area (Å²) in [6.07, 6.45) is 3.93. The summed E-state index contributed by atoms with van der Waals surface area (Å²) in [6.45, 7) is 2.24. The number of halogens is 2. The first-order valence-electron chi connectivity index (χ1n) is 13.0. The average molecular weight is 545 g/mol. The Morgan fingerprint density at radius 3 is 2.71 bits per heavy atom. The number of methoxy groups -OCH3 is 1. The summed E-state index contributed by atoms with van der Waals surface area (Å²) in [5.41, 5.74) is 1.61. The Kier molecular flexibility index (Phi) is 9.93.